The van der Waals surface area contributed by atoms with E-state index in [0.29, 0.717) is 6.42 Å². The number of hydrogen-bond donors (Lipinski definition) is 2. The summed E-state index contributed by atoms with van der Waals surface area (Å²) < 4.78 is 10.5. The van der Waals surface area contributed by atoms with Crippen LogP contribution in [0.5, 0.6) is 11.5 Å². The van der Waals surface area contributed by atoms with E-state index in [1.807, 2.05) is 18.2 Å². The Bertz CT molecular complexity index is 419. The van der Waals surface area contributed by atoms with Gasteiger partial charge >= 0.3 is 5.97 Å². The molecular formula is C12H15NO4. The van der Waals surface area contributed by atoms with Crippen molar-refractivity contribution >= 4 is 5.97 Å². The van der Waals surface area contributed by atoms with Crippen molar-refractivity contribution in [2.24, 2.45) is 5.73 Å². The Morgan fingerprint density at radius 1 is 1.41 bits per heavy atom. The van der Waals surface area contributed by atoms with Crippen LogP contribution in [0.3, 0.4) is 0 Å². The van der Waals surface area contributed by atoms with Crippen LogP contribution in [-0.4, -0.2) is 23.9 Å². The van der Waals surface area contributed by atoms with Crippen LogP contribution in [0, 0.1) is 0 Å². The average Bonchev–Trinajstić information content (AvgIpc) is 2.72. The van der Waals surface area contributed by atoms with Crippen LogP contribution in [0.1, 0.15) is 18.4 Å². The fourth-order valence-electron chi connectivity index (χ4n) is 1.77. The highest BCUT2D eigenvalue weighted by Crippen LogP contribution is 2.32. The molecule has 17 heavy (non-hydrogen) atoms. The Morgan fingerprint density at radius 3 is 2.94 bits per heavy atom. The van der Waals surface area contributed by atoms with E-state index in [0.717, 1.165) is 23.5 Å². The van der Waals surface area contributed by atoms with Gasteiger partial charge in [-0.05, 0) is 30.5 Å². The monoisotopic (exact) mass is 237 g/mol. The van der Waals surface area contributed by atoms with Crippen LogP contribution < -0.4 is 15.2 Å². The summed E-state index contributed by atoms with van der Waals surface area (Å²) >= 11 is 0. The molecule has 1 unspecified atom stereocenters. The first-order valence-corrected chi connectivity index (χ1v) is 5.51. The van der Waals surface area contributed by atoms with Gasteiger partial charge in [0.1, 0.15) is 0 Å². The zero-order chi connectivity index (χ0) is 12.3. The minimum atomic E-state index is -0.858. The predicted molar refractivity (Wildman–Crippen MR) is 61.1 cm³/mol. The van der Waals surface area contributed by atoms with E-state index in [1.54, 1.807) is 0 Å². The van der Waals surface area contributed by atoms with Crippen molar-refractivity contribution in [2.45, 2.75) is 25.3 Å². The number of carboxylic acid groups (broad SMARTS) is 1. The van der Waals surface area contributed by atoms with Crippen molar-refractivity contribution in [3.63, 3.8) is 0 Å². The number of benzene rings is 1. The number of fused-ring (bicyclic) bond motifs is 1. The molecule has 2 rings (SSSR count). The normalized spacial score (nSPS) is 14.6. The lowest BCUT2D eigenvalue weighted by Crippen LogP contribution is -2.24. The van der Waals surface area contributed by atoms with Gasteiger partial charge in [-0.2, -0.15) is 0 Å². The first kappa shape index (κ1) is 11.7. The van der Waals surface area contributed by atoms with Gasteiger partial charge in [0, 0.05) is 6.04 Å². The molecule has 1 aromatic carbocycles. The second kappa shape index (κ2) is 5.05. The molecule has 5 heteroatoms. The van der Waals surface area contributed by atoms with Crippen LogP contribution >= 0.6 is 0 Å². The largest absolute Gasteiger partial charge is 0.481 e. The van der Waals surface area contributed by atoms with E-state index in [2.05, 4.69) is 0 Å². The molecule has 1 aliphatic rings. The van der Waals surface area contributed by atoms with E-state index >= 15 is 0 Å². The summed E-state index contributed by atoms with van der Waals surface area (Å²) in [7, 11) is 0. The van der Waals surface area contributed by atoms with Gasteiger partial charge in [-0.15, -0.1) is 0 Å². The Labute approximate surface area is 99.1 Å². The first-order valence-electron chi connectivity index (χ1n) is 5.51. The molecule has 0 bridgehead atoms. The second-order valence-electron chi connectivity index (χ2n) is 4.08. The molecule has 0 spiro atoms. The van der Waals surface area contributed by atoms with Crippen LogP contribution in [0.4, 0.5) is 0 Å². The standard InChI is InChI=1S/C12H15NO4/c13-9(6-12(14)15)3-1-8-2-4-10-11(5-8)17-7-16-10/h2,4-5,9H,1,3,6-7,13H2,(H,14,15). The zero-order valence-corrected chi connectivity index (χ0v) is 9.39. The number of carboxylic acids is 1. The molecule has 0 radical (unpaired) electrons. The number of rotatable bonds is 5. The summed E-state index contributed by atoms with van der Waals surface area (Å²) in [5.74, 6) is 0.640. The molecule has 92 valence electrons. The lowest BCUT2D eigenvalue weighted by atomic mass is 10.0. The zero-order valence-electron chi connectivity index (χ0n) is 9.39. The highest BCUT2D eigenvalue weighted by molar-refractivity contribution is 5.67. The summed E-state index contributed by atoms with van der Waals surface area (Å²) in [5.41, 5.74) is 6.78. The third kappa shape index (κ3) is 3.10. The third-order valence-electron chi connectivity index (χ3n) is 2.68. The SMILES string of the molecule is NC(CCc1ccc2c(c1)OCO2)CC(=O)O. The van der Waals surface area contributed by atoms with Crippen molar-refractivity contribution in [1.29, 1.82) is 0 Å². The highest BCUT2D eigenvalue weighted by Gasteiger charge is 2.14. The van der Waals surface area contributed by atoms with Gasteiger partial charge in [0.25, 0.3) is 0 Å². The third-order valence-corrected chi connectivity index (χ3v) is 2.68. The van der Waals surface area contributed by atoms with Gasteiger partial charge in [0.15, 0.2) is 11.5 Å². The molecule has 1 aromatic rings. The molecule has 0 aliphatic carbocycles. The average molecular weight is 237 g/mol. The lowest BCUT2D eigenvalue weighted by molar-refractivity contribution is -0.137. The molecule has 3 N–H and O–H groups in total. The van der Waals surface area contributed by atoms with Gasteiger partial charge in [-0.1, -0.05) is 6.07 Å². The maximum Gasteiger partial charge on any atom is 0.304 e. The molecule has 1 atom stereocenters. The van der Waals surface area contributed by atoms with Gasteiger partial charge in [0.05, 0.1) is 6.42 Å². The first-order chi connectivity index (χ1) is 8.15. The fraction of sp³-hybridized carbons (Fsp3) is 0.417. The fourth-order valence-corrected chi connectivity index (χ4v) is 1.77. The maximum absolute atomic E-state index is 10.5. The number of nitrogens with two attached hydrogens (primary N) is 1. The molecular weight excluding hydrogens is 222 g/mol. The van der Waals surface area contributed by atoms with E-state index in [1.165, 1.54) is 0 Å². The number of hydrogen-bond acceptors (Lipinski definition) is 4. The molecule has 5 nitrogen and oxygen atoms in total. The van der Waals surface area contributed by atoms with Crippen LogP contribution in [-0.2, 0) is 11.2 Å². The number of aryl methyl sites for hydroxylation is 1. The Morgan fingerprint density at radius 2 is 2.18 bits per heavy atom. The van der Waals surface area contributed by atoms with E-state index in [4.69, 9.17) is 20.3 Å². The van der Waals surface area contributed by atoms with Crippen molar-refractivity contribution in [3.8, 4) is 11.5 Å². The molecule has 0 saturated heterocycles. The summed E-state index contributed by atoms with van der Waals surface area (Å²) in [4.78, 5) is 10.5. The molecule has 1 aliphatic heterocycles. The van der Waals surface area contributed by atoms with E-state index in [-0.39, 0.29) is 19.3 Å². The molecule has 0 saturated carbocycles. The topological polar surface area (TPSA) is 81.8 Å². The summed E-state index contributed by atoms with van der Waals surface area (Å²) in [6, 6.07) is 5.41. The number of ether oxygens (including phenoxy) is 2. The molecule has 0 amide bonds. The number of aliphatic carboxylic acids is 1. The van der Waals surface area contributed by atoms with Crippen LogP contribution in [0.2, 0.25) is 0 Å². The summed E-state index contributed by atoms with van der Waals surface area (Å²) in [6.07, 6.45) is 1.39. The predicted octanol–water partition coefficient (Wildman–Crippen LogP) is 1.15. The Balaban J connectivity index is 1.89. The van der Waals surface area contributed by atoms with E-state index < -0.39 is 5.97 Å². The van der Waals surface area contributed by atoms with Gasteiger partial charge in [-0.3, -0.25) is 4.79 Å². The van der Waals surface area contributed by atoms with Gasteiger partial charge in [-0.25, -0.2) is 0 Å². The number of carbonyl (C=O) groups is 1. The summed E-state index contributed by atoms with van der Waals surface area (Å²) in [6.45, 7) is 0.261. The lowest BCUT2D eigenvalue weighted by Gasteiger charge is -2.08. The van der Waals surface area contributed by atoms with Crippen molar-refractivity contribution < 1.29 is 19.4 Å². The summed E-state index contributed by atoms with van der Waals surface area (Å²) in [5, 5.41) is 8.59. The van der Waals surface area contributed by atoms with Gasteiger partial charge in [0.2, 0.25) is 6.79 Å². The Kier molecular flexibility index (Phi) is 3.49. The van der Waals surface area contributed by atoms with Crippen LogP contribution in [0.25, 0.3) is 0 Å². The molecule has 0 fully saturated rings. The van der Waals surface area contributed by atoms with Crippen molar-refractivity contribution in [1.82, 2.24) is 0 Å². The van der Waals surface area contributed by atoms with E-state index in [9.17, 15) is 4.79 Å². The van der Waals surface area contributed by atoms with Crippen LogP contribution in [0.15, 0.2) is 18.2 Å². The minimum Gasteiger partial charge on any atom is -0.481 e. The van der Waals surface area contributed by atoms with Crippen molar-refractivity contribution in [3.05, 3.63) is 23.8 Å². The highest BCUT2D eigenvalue weighted by atomic mass is 16.7. The molecule has 0 aromatic heterocycles. The van der Waals surface area contributed by atoms with Gasteiger partial charge < -0.3 is 20.3 Å². The minimum absolute atomic E-state index is 0.00452. The smallest absolute Gasteiger partial charge is 0.304 e. The Hall–Kier alpha value is -1.75. The molecule has 1 heterocycles. The second-order valence-corrected chi connectivity index (χ2v) is 4.08. The van der Waals surface area contributed by atoms with Crippen molar-refractivity contribution in [2.75, 3.05) is 6.79 Å². The maximum atomic E-state index is 10.5. The quantitative estimate of drug-likeness (QED) is 0.802.